The number of aromatic hydroxyl groups is 1. The molecule has 1 aromatic carbocycles. The molecule has 0 spiro atoms. The summed E-state index contributed by atoms with van der Waals surface area (Å²) in [6, 6.07) is 4.30. The Balaban J connectivity index is 2.36. The third kappa shape index (κ3) is 1.44. The van der Waals surface area contributed by atoms with Gasteiger partial charge >= 0.3 is 0 Å². The van der Waals surface area contributed by atoms with Crippen molar-refractivity contribution in [3.05, 3.63) is 34.7 Å². The second-order valence-electron chi connectivity index (χ2n) is 3.39. The number of phenolic OH excluding ortho intramolecular Hbond substituents is 1. The molecule has 7 heteroatoms. The molecule has 0 atom stereocenters. The molecule has 2 N–H and O–H groups in total. The number of aromatic nitrogens is 4. The van der Waals surface area contributed by atoms with E-state index in [0.29, 0.717) is 5.58 Å². The van der Waals surface area contributed by atoms with E-state index in [-0.39, 0.29) is 28.0 Å². The molecule has 0 aliphatic carbocycles. The molecule has 3 rings (SSSR count). The van der Waals surface area contributed by atoms with Crippen LogP contribution in [0, 0.1) is 0 Å². The Kier molecular flexibility index (Phi) is 1.91. The Morgan fingerprint density at radius 3 is 3.00 bits per heavy atom. The predicted octanol–water partition coefficient (Wildman–Crippen LogP) is 0.679. The van der Waals surface area contributed by atoms with E-state index < -0.39 is 0 Å². The SMILES string of the molecule is O=c1c(-c2nn[nH]n2)coc2ccc(O)cc12. The Bertz CT molecular complexity index is 733. The summed E-state index contributed by atoms with van der Waals surface area (Å²) in [6.07, 6.45) is 1.27. The quantitative estimate of drug-likeness (QED) is 0.636. The van der Waals surface area contributed by atoms with E-state index in [1.54, 1.807) is 0 Å². The average Bonchev–Trinajstić information content (AvgIpc) is 2.84. The monoisotopic (exact) mass is 230 g/mol. The maximum Gasteiger partial charge on any atom is 0.211 e. The Morgan fingerprint density at radius 1 is 1.35 bits per heavy atom. The van der Waals surface area contributed by atoms with Crippen molar-refractivity contribution < 1.29 is 9.52 Å². The first-order valence-corrected chi connectivity index (χ1v) is 4.74. The maximum absolute atomic E-state index is 12.1. The van der Waals surface area contributed by atoms with Gasteiger partial charge in [-0.15, -0.1) is 10.2 Å². The van der Waals surface area contributed by atoms with Crippen molar-refractivity contribution in [2.45, 2.75) is 0 Å². The number of nitrogens with zero attached hydrogens (tertiary/aromatic N) is 3. The van der Waals surface area contributed by atoms with Gasteiger partial charge in [0.05, 0.1) is 5.39 Å². The first kappa shape index (κ1) is 9.52. The summed E-state index contributed by atoms with van der Waals surface area (Å²) >= 11 is 0. The molecule has 0 saturated heterocycles. The van der Waals surface area contributed by atoms with Gasteiger partial charge in [-0.25, -0.2) is 0 Å². The van der Waals surface area contributed by atoms with Crippen LogP contribution < -0.4 is 5.43 Å². The van der Waals surface area contributed by atoms with Gasteiger partial charge in [-0.2, -0.15) is 5.21 Å². The zero-order valence-corrected chi connectivity index (χ0v) is 8.41. The molecule has 17 heavy (non-hydrogen) atoms. The summed E-state index contributed by atoms with van der Waals surface area (Å²) < 4.78 is 5.27. The van der Waals surface area contributed by atoms with Crippen LogP contribution in [0.2, 0.25) is 0 Å². The minimum absolute atomic E-state index is 0.00457. The van der Waals surface area contributed by atoms with Crippen molar-refractivity contribution in [1.82, 2.24) is 20.6 Å². The zero-order chi connectivity index (χ0) is 11.8. The van der Waals surface area contributed by atoms with Crippen LogP contribution in [0.25, 0.3) is 22.4 Å². The molecule has 0 bridgehead atoms. The number of rotatable bonds is 1. The number of phenols is 1. The molecule has 0 saturated carbocycles. The number of hydrogen-bond donors (Lipinski definition) is 2. The molecule has 2 aromatic heterocycles. The molecule has 84 valence electrons. The molecule has 0 aliphatic heterocycles. The van der Waals surface area contributed by atoms with Gasteiger partial charge in [0.2, 0.25) is 11.3 Å². The third-order valence-electron chi connectivity index (χ3n) is 2.34. The topological polar surface area (TPSA) is 105 Å². The van der Waals surface area contributed by atoms with E-state index >= 15 is 0 Å². The summed E-state index contributed by atoms with van der Waals surface area (Å²) in [5, 5.41) is 22.7. The van der Waals surface area contributed by atoms with E-state index in [1.807, 2.05) is 0 Å². The van der Waals surface area contributed by atoms with Crippen molar-refractivity contribution in [1.29, 1.82) is 0 Å². The van der Waals surface area contributed by atoms with Crippen molar-refractivity contribution >= 4 is 11.0 Å². The highest BCUT2D eigenvalue weighted by molar-refractivity contribution is 5.81. The molecule has 0 radical (unpaired) electrons. The van der Waals surface area contributed by atoms with Gasteiger partial charge in [0, 0.05) is 0 Å². The molecule has 0 amide bonds. The van der Waals surface area contributed by atoms with Crippen LogP contribution in [0.3, 0.4) is 0 Å². The lowest BCUT2D eigenvalue weighted by Gasteiger charge is -1.99. The normalized spacial score (nSPS) is 10.8. The lowest BCUT2D eigenvalue weighted by atomic mass is 10.1. The highest BCUT2D eigenvalue weighted by Gasteiger charge is 2.12. The number of fused-ring (bicyclic) bond motifs is 1. The summed E-state index contributed by atoms with van der Waals surface area (Å²) in [4.78, 5) is 12.1. The van der Waals surface area contributed by atoms with Crippen molar-refractivity contribution in [2.75, 3.05) is 0 Å². The van der Waals surface area contributed by atoms with Gasteiger partial charge in [-0.1, -0.05) is 0 Å². The fraction of sp³-hybridized carbons (Fsp3) is 0. The Morgan fingerprint density at radius 2 is 2.24 bits per heavy atom. The van der Waals surface area contributed by atoms with Gasteiger partial charge in [0.25, 0.3) is 0 Å². The number of aromatic amines is 1. The molecular formula is C10H6N4O3. The van der Waals surface area contributed by atoms with Crippen molar-refractivity contribution in [3.8, 4) is 17.1 Å². The Labute approximate surface area is 93.7 Å². The average molecular weight is 230 g/mol. The van der Waals surface area contributed by atoms with E-state index in [9.17, 15) is 9.90 Å². The van der Waals surface area contributed by atoms with Crippen LogP contribution in [0.1, 0.15) is 0 Å². The number of nitrogens with one attached hydrogen (secondary N) is 1. The second kappa shape index (κ2) is 3.41. The smallest absolute Gasteiger partial charge is 0.211 e. The summed E-state index contributed by atoms with van der Waals surface area (Å²) in [5.74, 6) is 0.152. The fourth-order valence-corrected chi connectivity index (χ4v) is 1.55. The van der Waals surface area contributed by atoms with Gasteiger partial charge < -0.3 is 9.52 Å². The maximum atomic E-state index is 12.1. The van der Waals surface area contributed by atoms with Crippen LogP contribution in [-0.2, 0) is 0 Å². The standard InChI is InChI=1S/C10H6N4O3/c15-5-1-2-8-6(3-5)9(16)7(4-17-8)10-11-13-14-12-10/h1-4,15H,(H,11,12,13,14). The van der Waals surface area contributed by atoms with E-state index in [1.165, 1.54) is 24.5 Å². The summed E-state index contributed by atoms with van der Waals surface area (Å²) in [7, 11) is 0. The number of hydrogen-bond acceptors (Lipinski definition) is 6. The first-order chi connectivity index (χ1) is 8.25. The molecule has 0 aliphatic rings. The minimum atomic E-state index is -0.316. The van der Waals surface area contributed by atoms with Crippen LogP contribution in [-0.4, -0.2) is 25.7 Å². The second-order valence-corrected chi connectivity index (χ2v) is 3.39. The summed E-state index contributed by atoms with van der Waals surface area (Å²) in [5.41, 5.74) is 0.264. The largest absolute Gasteiger partial charge is 0.508 e. The van der Waals surface area contributed by atoms with E-state index in [0.717, 1.165) is 0 Å². The molecule has 2 heterocycles. The summed E-state index contributed by atoms with van der Waals surface area (Å²) in [6.45, 7) is 0. The van der Waals surface area contributed by atoms with Crippen LogP contribution >= 0.6 is 0 Å². The third-order valence-corrected chi connectivity index (χ3v) is 2.34. The van der Waals surface area contributed by atoms with Gasteiger partial charge in [0.1, 0.15) is 23.2 Å². The fourth-order valence-electron chi connectivity index (χ4n) is 1.55. The van der Waals surface area contributed by atoms with Crippen molar-refractivity contribution in [2.24, 2.45) is 0 Å². The molecule has 3 aromatic rings. The van der Waals surface area contributed by atoms with E-state index in [4.69, 9.17) is 4.42 Å². The lowest BCUT2D eigenvalue weighted by molar-refractivity contribution is 0.475. The predicted molar refractivity (Wildman–Crippen MR) is 57.3 cm³/mol. The zero-order valence-electron chi connectivity index (χ0n) is 8.41. The Hall–Kier alpha value is -2.70. The van der Waals surface area contributed by atoms with Crippen LogP contribution in [0.4, 0.5) is 0 Å². The van der Waals surface area contributed by atoms with Gasteiger partial charge in [-0.3, -0.25) is 4.79 Å². The lowest BCUT2D eigenvalue weighted by Crippen LogP contribution is -2.05. The van der Waals surface area contributed by atoms with Crippen LogP contribution in [0.15, 0.2) is 33.7 Å². The minimum Gasteiger partial charge on any atom is -0.508 e. The van der Waals surface area contributed by atoms with Gasteiger partial charge in [-0.05, 0) is 23.4 Å². The highest BCUT2D eigenvalue weighted by atomic mass is 16.3. The first-order valence-electron chi connectivity index (χ1n) is 4.74. The molecular weight excluding hydrogens is 224 g/mol. The number of tetrazole rings is 1. The number of benzene rings is 1. The van der Waals surface area contributed by atoms with E-state index in [2.05, 4.69) is 20.6 Å². The van der Waals surface area contributed by atoms with Crippen LogP contribution in [0.5, 0.6) is 5.75 Å². The highest BCUT2D eigenvalue weighted by Crippen LogP contribution is 2.19. The van der Waals surface area contributed by atoms with Crippen molar-refractivity contribution in [3.63, 3.8) is 0 Å². The van der Waals surface area contributed by atoms with Gasteiger partial charge in [0.15, 0.2) is 0 Å². The number of H-pyrrole nitrogens is 1. The molecule has 7 nitrogen and oxygen atoms in total. The molecule has 0 unspecified atom stereocenters. The molecule has 0 fully saturated rings.